The van der Waals surface area contributed by atoms with Crippen molar-refractivity contribution in [3.8, 4) is 5.75 Å². The number of amides is 2. The molecular formula is C33H42BrN3O5S. The molecule has 0 spiro atoms. The number of nitrogens with zero attached hydrogens (tertiary/aromatic N) is 2. The maximum absolute atomic E-state index is 14.0. The number of hydrogen-bond acceptors (Lipinski definition) is 5. The fourth-order valence-corrected chi connectivity index (χ4v) is 6.13. The van der Waals surface area contributed by atoms with E-state index in [0.29, 0.717) is 24.5 Å². The Hall–Kier alpha value is -3.37. The standard InChI is InChI=1S/C33H42BrN3O5S/c1-6-42-29-19-17-28(18-20-29)37(43(5,40)41)21-11-16-31(38)36(24-26-14-10-15-27(34)22-26)30(32(39)35-33(2,3)4)23-25-12-8-7-9-13-25/h7-10,12-15,17-20,22,30H,6,11,16,21,23-24H2,1-5H3,(H,35,39). The van der Waals surface area contributed by atoms with Gasteiger partial charge >= 0.3 is 0 Å². The van der Waals surface area contributed by atoms with Gasteiger partial charge in [0.1, 0.15) is 11.8 Å². The fourth-order valence-electron chi connectivity index (χ4n) is 4.72. The number of nitrogens with one attached hydrogen (secondary N) is 1. The molecule has 0 aliphatic carbocycles. The van der Waals surface area contributed by atoms with E-state index in [4.69, 9.17) is 4.74 Å². The van der Waals surface area contributed by atoms with Gasteiger partial charge in [-0.15, -0.1) is 0 Å². The SMILES string of the molecule is CCOc1ccc(N(CCCC(=O)N(Cc2cccc(Br)c2)C(Cc2ccccc2)C(=O)NC(C)(C)C)S(C)(=O)=O)cc1. The van der Waals surface area contributed by atoms with E-state index in [1.54, 1.807) is 29.2 Å². The van der Waals surface area contributed by atoms with Crippen molar-refractivity contribution >= 4 is 43.5 Å². The summed E-state index contributed by atoms with van der Waals surface area (Å²) in [6.07, 6.45) is 1.82. The normalized spacial score (nSPS) is 12.3. The predicted octanol–water partition coefficient (Wildman–Crippen LogP) is 5.95. The Bertz CT molecular complexity index is 1460. The Morgan fingerprint density at radius 2 is 1.60 bits per heavy atom. The van der Waals surface area contributed by atoms with E-state index in [1.807, 2.05) is 82.3 Å². The Morgan fingerprint density at radius 3 is 2.19 bits per heavy atom. The highest BCUT2D eigenvalue weighted by Crippen LogP contribution is 2.23. The number of rotatable bonds is 14. The van der Waals surface area contributed by atoms with Gasteiger partial charge in [-0.2, -0.15) is 0 Å². The molecule has 0 saturated heterocycles. The van der Waals surface area contributed by atoms with Gasteiger partial charge < -0.3 is 15.0 Å². The summed E-state index contributed by atoms with van der Waals surface area (Å²) in [5, 5.41) is 3.06. The molecule has 3 aromatic carbocycles. The van der Waals surface area contributed by atoms with Crippen molar-refractivity contribution in [2.45, 2.75) is 65.1 Å². The number of carbonyl (C=O) groups is 2. The van der Waals surface area contributed by atoms with Gasteiger partial charge in [0.15, 0.2) is 0 Å². The topological polar surface area (TPSA) is 96.0 Å². The quantitative estimate of drug-likeness (QED) is 0.229. The van der Waals surface area contributed by atoms with Gasteiger partial charge in [0.25, 0.3) is 0 Å². The van der Waals surface area contributed by atoms with Crippen LogP contribution in [-0.2, 0) is 32.6 Å². The molecule has 0 fully saturated rings. The first-order valence-electron chi connectivity index (χ1n) is 14.4. The van der Waals surface area contributed by atoms with E-state index >= 15 is 0 Å². The predicted molar refractivity (Wildman–Crippen MR) is 176 cm³/mol. The van der Waals surface area contributed by atoms with Gasteiger partial charge in [-0.3, -0.25) is 13.9 Å². The maximum atomic E-state index is 14.0. The first-order chi connectivity index (χ1) is 20.3. The highest BCUT2D eigenvalue weighted by Gasteiger charge is 2.32. The van der Waals surface area contributed by atoms with Crippen molar-refractivity contribution in [3.05, 3.63) is 94.5 Å². The van der Waals surface area contributed by atoms with Crippen molar-refractivity contribution in [3.63, 3.8) is 0 Å². The third-order valence-corrected chi connectivity index (χ3v) is 8.29. The first-order valence-corrected chi connectivity index (χ1v) is 17.0. The molecule has 0 aliphatic heterocycles. The summed E-state index contributed by atoms with van der Waals surface area (Å²) in [4.78, 5) is 29.3. The van der Waals surface area contributed by atoms with Crippen LogP contribution in [0, 0.1) is 0 Å². The molecule has 3 aromatic rings. The van der Waals surface area contributed by atoms with E-state index in [2.05, 4.69) is 21.2 Å². The number of carbonyl (C=O) groups excluding carboxylic acids is 2. The Labute approximate surface area is 264 Å². The van der Waals surface area contributed by atoms with Crippen LogP contribution in [0.25, 0.3) is 0 Å². The minimum absolute atomic E-state index is 0.0607. The van der Waals surface area contributed by atoms with Crippen LogP contribution < -0.4 is 14.4 Å². The molecule has 43 heavy (non-hydrogen) atoms. The Kier molecular flexibility index (Phi) is 12.2. The second-order valence-electron chi connectivity index (χ2n) is 11.5. The molecule has 1 atom stereocenters. The minimum atomic E-state index is -3.61. The molecule has 0 aliphatic rings. The monoisotopic (exact) mass is 671 g/mol. The second kappa shape index (κ2) is 15.4. The average Bonchev–Trinajstić information content (AvgIpc) is 2.92. The van der Waals surface area contributed by atoms with Gasteiger partial charge in [0.2, 0.25) is 21.8 Å². The number of anilines is 1. The molecule has 2 amide bonds. The van der Waals surface area contributed by atoms with Gasteiger partial charge in [-0.25, -0.2) is 8.42 Å². The summed E-state index contributed by atoms with van der Waals surface area (Å²) in [6.45, 7) is 8.45. The van der Waals surface area contributed by atoms with E-state index in [9.17, 15) is 18.0 Å². The molecule has 232 valence electrons. The lowest BCUT2D eigenvalue weighted by molar-refractivity contribution is -0.142. The van der Waals surface area contributed by atoms with E-state index in [1.165, 1.54) is 4.31 Å². The van der Waals surface area contributed by atoms with Crippen molar-refractivity contribution < 1.29 is 22.7 Å². The van der Waals surface area contributed by atoms with E-state index in [-0.39, 0.29) is 37.7 Å². The van der Waals surface area contributed by atoms with E-state index in [0.717, 1.165) is 21.9 Å². The van der Waals surface area contributed by atoms with Gasteiger partial charge in [0, 0.05) is 35.9 Å². The summed E-state index contributed by atoms with van der Waals surface area (Å²) in [5.74, 6) is 0.174. The largest absolute Gasteiger partial charge is 0.494 e. The summed E-state index contributed by atoms with van der Waals surface area (Å²) in [5.41, 5.74) is 1.80. The van der Waals surface area contributed by atoms with Crippen LogP contribution in [0.2, 0.25) is 0 Å². The number of ether oxygens (including phenoxy) is 1. The van der Waals surface area contributed by atoms with Crippen LogP contribution in [-0.4, -0.2) is 56.1 Å². The Morgan fingerprint density at radius 1 is 0.953 bits per heavy atom. The van der Waals surface area contributed by atoms with Crippen LogP contribution in [0.3, 0.4) is 0 Å². The summed E-state index contributed by atoms with van der Waals surface area (Å²) in [6, 6.07) is 23.3. The Balaban J connectivity index is 1.88. The number of halogens is 1. The number of sulfonamides is 1. The zero-order valence-corrected chi connectivity index (χ0v) is 27.9. The molecule has 1 unspecified atom stereocenters. The van der Waals surface area contributed by atoms with Crippen LogP contribution in [0.1, 0.15) is 51.7 Å². The molecule has 0 saturated carbocycles. The van der Waals surface area contributed by atoms with Gasteiger partial charge in [0.05, 0.1) is 18.6 Å². The lowest BCUT2D eigenvalue weighted by Crippen LogP contribution is -2.54. The zero-order chi connectivity index (χ0) is 31.6. The minimum Gasteiger partial charge on any atom is -0.494 e. The third-order valence-electron chi connectivity index (χ3n) is 6.60. The van der Waals surface area contributed by atoms with E-state index < -0.39 is 21.6 Å². The summed E-state index contributed by atoms with van der Waals surface area (Å²) < 4.78 is 33.0. The summed E-state index contributed by atoms with van der Waals surface area (Å²) in [7, 11) is -3.61. The molecule has 0 bridgehead atoms. The average molecular weight is 673 g/mol. The highest BCUT2D eigenvalue weighted by molar-refractivity contribution is 9.10. The van der Waals surface area contributed by atoms with Crippen LogP contribution >= 0.6 is 15.9 Å². The maximum Gasteiger partial charge on any atom is 0.243 e. The second-order valence-corrected chi connectivity index (χ2v) is 14.3. The lowest BCUT2D eigenvalue weighted by atomic mass is 10.00. The molecule has 8 nitrogen and oxygen atoms in total. The molecule has 10 heteroatoms. The van der Waals surface area contributed by atoms with Crippen LogP contribution in [0.15, 0.2) is 83.3 Å². The number of benzene rings is 3. The molecule has 0 radical (unpaired) electrons. The van der Waals surface area contributed by atoms with Gasteiger partial charge in [-0.1, -0.05) is 58.4 Å². The van der Waals surface area contributed by atoms with Crippen molar-refractivity contribution in [2.24, 2.45) is 0 Å². The van der Waals surface area contributed by atoms with Crippen molar-refractivity contribution in [2.75, 3.05) is 23.7 Å². The van der Waals surface area contributed by atoms with Crippen LogP contribution in [0.4, 0.5) is 5.69 Å². The first kappa shape index (κ1) is 34.1. The summed E-state index contributed by atoms with van der Waals surface area (Å²) >= 11 is 3.51. The molecule has 0 aromatic heterocycles. The molecule has 3 rings (SSSR count). The smallest absolute Gasteiger partial charge is 0.243 e. The number of hydrogen-bond donors (Lipinski definition) is 1. The zero-order valence-electron chi connectivity index (χ0n) is 25.5. The van der Waals surface area contributed by atoms with Crippen molar-refractivity contribution in [1.82, 2.24) is 10.2 Å². The third kappa shape index (κ3) is 11.0. The molecular weight excluding hydrogens is 630 g/mol. The fraction of sp³-hybridized carbons (Fsp3) is 0.394. The van der Waals surface area contributed by atoms with Gasteiger partial charge in [-0.05, 0) is 81.6 Å². The van der Waals surface area contributed by atoms with Crippen LogP contribution in [0.5, 0.6) is 5.75 Å². The van der Waals surface area contributed by atoms with Crippen molar-refractivity contribution in [1.29, 1.82) is 0 Å². The lowest BCUT2D eigenvalue weighted by Gasteiger charge is -2.34. The molecule has 1 N–H and O–H groups in total. The molecule has 0 heterocycles. The highest BCUT2D eigenvalue weighted by atomic mass is 79.9.